The van der Waals surface area contributed by atoms with Gasteiger partial charge in [0.05, 0.1) is 6.20 Å². The largest absolute Gasteiger partial charge is 0.185 e. The van der Waals surface area contributed by atoms with Gasteiger partial charge in [0.25, 0.3) is 0 Å². The summed E-state index contributed by atoms with van der Waals surface area (Å²) in [6, 6.07) is 1.56. The zero-order valence-corrected chi connectivity index (χ0v) is 7.04. The van der Waals surface area contributed by atoms with Crippen molar-refractivity contribution in [1.82, 2.24) is 15.4 Å². The van der Waals surface area contributed by atoms with Gasteiger partial charge in [-0.05, 0) is 11.3 Å². The van der Waals surface area contributed by atoms with Crippen molar-refractivity contribution in [1.29, 1.82) is 5.26 Å². The molecule has 10 heavy (non-hydrogen) atoms. The molecule has 0 saturated heterocycles. The molecule has 0 fully saturated rings. The molecule has 0 aliphatic carbocycles. The molecule has 0 atom stereocenters. The predicted octanol–water partition coefficient (Wildman–Crippen LogP) is 1.39. The van der Waals surface area contributed by atoms with E-state index >= 15 is 0 Å². The average molecular weight is 221 g/mol. The highest BCUT2D eigenvalue weighted by Crippen LogP contribution is 1.94. The molecule has 4 nitrogen and oxygen atoms in total. The van der Waals surface area contributed by atoms with E-state index < -0.39 is 0 Å². The lowest BCUT2D eigenvalue weighted by atomic mass is 10.7. The fourth-order valence-corrected chi connectivity index (χ4v) is 0.317. The Bertz CT molecular complexity index is 208. The third kappa shape index (κ3) is 5.41. The van der Waals surface area contributed by atoms with Gasteiger partial charge in [0.15, 0.2) is 5.15 Å². The molecule has 0 saturated carbocycles. The number of nitrogens with zero attached hydrogens (tertiary/aromatic N) is 4. The molecule has 0 unspecified atom stereocenters. The summed E-state index contributed by atoms with van der Waals surface area (Å²) in [6.45, 7) is 0. The fourth-order valence-electron chi connectivity index (χ4n) is 0.227. The van der Waals surface area contributed by atoms with Gasteiger partial charge < -0.3 is 0 Å². The van der Waals surface area contributed by atoms with Crippen LogP contribution in [0.2, 0.25) is 5.15 Å². The Morgan fingerprint density at radius 3 is 2.50 bits per heavy atom. The molecule has 1 heterocycles. The SMILES string of the molecule is Clc1ccnnn1.N#CBr. The van der Waals surface area contributed by atoms with E-state index in [1.165, 1.54) is 6.20 Å². The molecule has 0 amide bonds. The molecule has 0 aliphatic heterocycles. The van der Waals surface area contributed by atoms with Crippen molar-refractivity contribution in [3.05, 3.63) is 17.4 Å². The molecular formula is C4H2BrClN4. The summed E-state index contributed by atoms with van der Waals surface area (Å²) in [5, 5.41) is 17.6. The zero-order valence-electron chi connectivity index (χ0n) is 4.70. The highest BCUT2D eigenvalue weighted by atomic mass is 79.9. The number of nitriles is 1. The fraction of sp³-hybridized carbons (Fsp3) is 0. The zero-order chi connectivity index (χ0) is 7.82. The van der Waals surface area contributed by atoms with Crippen molar-refractivity contribution in [2.45, 2.75) is 0 Å². The number of aromatic nitrogens is 3. The monoisotopic (exact) mass is 220 g/mol. The second-order valence-electron chi connectivity index (χ2n) is 1.03. The van der Waals surface area contributed by atoms with Crippen LogP contribution in [-0.4, -0.2) is 15.4 Å². The van der Waals surface area contributed by atoms with Crippen molar-refractivity contribution < 1.29 is 0 Å². The highest BCUT2D eigenvalue weighted by molar-refractivity contribution is 9.12. The van der Waals surface area contributed by atoms with Gasteiger partial charge in [-0.25, -0.2) is 0 Å². The maximum absolute atomic E-state index is 7.24. The second kappa shape index (κ2) is 6.39. The summed E-state index contributed by atoms with van der Waals surface area (Å²) in [6.07, 6.45) is 1.48. The lowest BCUT2D eigenvalue weighted by Gasteiger charge is -1.76. The molecule has 6 heteroatoms. The highest BCUT2D eigenvalue weighted by Gasteiger charge is 1.79. The number of hydrogen-bond donors (Lipinski definition) is 0. The summed E-state index contributed by atoms with van der Waals surface area (Å²) in [7, 11) is 0. The normalized spacial score (nSPS) is 6.90. The van der Waals surface area contributed by atoms with Gasteiger partial charge in [-0.1, -0.05) is 11.6 Å². The Labute approximate surface area is 71.0 Å². The van der Waals surface area contributed by atoms with Crippen LogP contribution in [-0.2, 0) is 0 Å². The quantitative estimate of drug-likeness (QED) is 0.664. The van der Waals surface area contributed by atoms with E-state index in [0.29, 0.717) is 5.15 Å². The van der Waals surface area contributed by atoms with Gasteiger partial charge in [0.2, 0.25) is 0 Å². The third-order valence-corrected chi connectivity index (χ3v) is 0.672. The summed E-state index contributed by atoms with van der Waals surface area (Å²) in [5.74, 6) is 0. The lowest BCUT2D eigenvalue weighted by Crippen LogP contribution is -1.81. The van der Waals surface area contributed by atoms with Crippen LogP contribution in [0.4, 0.5) is 0 Å². The molecular weight excluding hydrogens is 219 g/mol. The molecule has 1 rings (SSSR count). The first-order valence-corrected chi connectivity index (χ1v) is 3.28. The van der Waals surface area contributed by atoms with E-state index in [4.69, 9.17) is 16.9 Å². The van der Waals surface area contributed by atoms with E-state index in [-0.39, 0.29) is 0 Å². The van der Waals surface area contributed by atoms with Gasteiger partial charge in [-0.3, -0.25) is 0 Å². The first kappa shape index (κ1) is 9.27. The number of rotatable bonds is 0. The second-order valence-corrected chi connectivity index (χ2v) is 1.77. The number of hydrogen-bond acceptors (Lipinski definition) is 4. The van der Waals surface area contributed by atoms with Crippen LogP contribution in [0.5, 0.6) is 0 Å². The number of halogens is 2. The molecule has 52 valence electrons. The maximum Gasteiger partial charge on any atom is 0.155 e. The van der Waals surface area contributed by atoms with Crippen molar-refractivity contribution in [3.8, 4) is 4.98 Å². The topological polar surface area (TPSA) is 62.5 Å². The minimum atomic E-state index is 0.370. The summed E-state index contributed by atoms with van der Waals surface area (Å²) >= 11 is 7.78. The Morgan fingerprint density at radius 1 is 1.70 bits per heavy atom. The van der Waals surface area contributed by atoms with Crippen molar-refractivity contribution in [3.63, 3.8) is 0 Å². The van der Waals surface area contributed by atoms with Crippen LogP contribution >= 0.6 is 27.5 Å². The van der Waals surface area contributed by atoms with E-state index in [1.807, 2.05) is 0 Å². The minimum Gasteiger partial charge on any atom is -0.185 e. The Kier molecular flexibility index (Phi) is 5.92. The van der Waals surface area contributed by atoms with Crippen LogP contribution in [0, 0.1) is 10.2 Å². The van der Waals surface area contributed by atoms with E-state index in [2.05, 4.69) is 31.3 Å². The van der Waals surface area contributed by atoms with Gasteiger partial charge in [0, 0.05) is 15.9 Å². The van der Waals surface area contributed by atoms with Crippen molar-refractivity contribution >= 4 is 27.5 Å². The van der Waals surface area contributed by atoms with Gasteiger partial charge in [-0.15, -0.1) is 10.2 Å². The third-order valence-electron chi connectivity index (χ3n) is 0.471. The van der Waals surface area contributed by atoms with Crippen LogP contribution in [0.1, 0.15) is 0 Å². The van der Waals surface area contributed by atoms with E-state index in [0.717, 1.165) is 0 Å². The van der Waals surface area contributed by atoms with E-state index in [9.17, 15) is 0 Å². The molecule has 1 aromatic rings. The molecule has 0 aromatic carbocycles. The molecule has 0 aliphatic rings. The van der Waals surface area contributed by atoms with E-state index in [1.54, 1.807) is 11.0 Å². The summed E-state index contributed by atoms with van der Waals surface area (Å²) < 4.78 is 0. The van der Waals surface area contributed by atoms with Crippen LogP contribution in [0.25, 0.3) is 0 Å². The molecule has 0 spiro atoms. The molecule has 0 bridgehead atoms. The summed E-state index contributed by atoms with van der Waals surface area (Å²) in [4.78, 5) is 1.56. The lowest BCUT2D eigenvalue weighted by molar-refractivity contribution is 0.865. The smallest absolute Gasteiger partial charge is 0.155 e. The maximum atomic E-state index is 7.24. The Balaban J connectivity index is 0.000000236. The van der Waals surface area contributed by atoms with Gasteiger partial charge in [-0.2, -0.15) is 5.26 Å². The van der Waals surface area contributed by atoms with Gasteiger partial charge >= 0.3 is 0 Å². The molecule has 0 radical (unpaired) electrons. The van der Waals surface area contributed by atoms with Crippen molar-refractivity contribution in [2.75, 3.05) is 0 Å². The standard InChI is InChI=1S/C3H2ClN3.CBrN/c4-3-1-2-5-7-6-3;2-1-3/h1-2H;. The minimum absolute atomic E-state index is 0.370. The van der Waals surface area contributed by atoms with Crippen LogP contribution in [0.15, 0.2) is 12.3 Å². The van der Waals surface area contributed by atoms with Crippen LogP contribution < -0.4 is 0 Å². The van der Waals surface area contributed by atoms with Gasteiger partial charge in [0.1, 0.15) is 4.98 Å². The first-order valence-electron chi connectivity index (χ1n) is 2.11. The molecule has 1 aromatic heterocycles. The average Bonchev–Trinajstić information content (AvgIpc) is 1.91. The Hall–Kier alpha value is -0.730. The molecule has 0 N–H and O–H groups in total. The first-order chi connectivity index (χ1) is 4.81. The predicted molar refractivity (Wildman–Crippen MR) is 39.4 cm³/mol. The Morgan fingerprint density at radius 2 is 2.30 bits per heavy atom. The van der Waals surface area contributed by atoms with Crippen LogP contribution in [0.3, 0.4) is 0 Å². The summed E-state index contributed by atoms with van der Waals surface area (Å²) in [5.41, 5.74) is 0. The van der Waals surface area contributed by atoms with Crippen molar-refractivity contribution in [2.24, 2.45) is 0 Å².